The molecule has 0 radical (unpaired) electrons. The van der Waals surface area contributed by atoms with Crippen LogP contribution in [-0.2, 0) is 9.53 Å². The molecule has 0 aromatic rings. The summed E-state index contributed by atoms with van der Waals surface area (Å²) < 4.78 is 4.98. The van der Waals surface area contributed by atoms with Gasteiger partial charge in [0.25, 0.3) is 0 Å². The molecule has 2 N–H and O–H groups in total. The smallest absolute Gasteiger partial charge is 0.237 e. The highest BCUT2D eigenvalue weighted by Crippen LogP contribution is 2.30. The highest BCUT2D eigenvalue weighted by atomic mass is 16.5. The van der Waals surface area contributed by atoms with E-state index in [9.17, 15) is 4.79 Å². The fraction of sp³-hybridized carbons (Fsp3) is 0.933. The molecule has 2 unspecified atom stereocenters. The van der Waals surface area contributed by atoms with Crippen molar-refractivity contribution in [3.05, 3.63) is 0 Å². The lowest BCUT2D eigenvalue weighted by atomic mass is 10.1. The summed E-state index contributed by atoms with van der Waals surface area (Å²) in [6.07, 6.45) is 5.15. The molecule has 1 aliphatic heterocycles. The molecule has 2 fully saturated rings. The largest absolute Gasteiger partial charge is 0.383 e. The number of rotatable bonds is 9. The molecule has 1 aliphatic carbocycles. The van der Waals surface area contributed by atoms with E-state index in [-0.39, 0.29) is 11.9 Å². The number of carbonyl (C=O) groups is 1. The Kier molecular flexibility index (Phi) is 6.26. The van der Waals surface area contributed by atoms with Crippen LogP contribution in [0.2, 0.25) is 0 Å². The summed E-state index contributed by atoms with van der Waals surface area (Å²) in [6, 6.07) is 0.512. The number of hydrogen-bond donors (Lipinski definition) is 2. The molecule has 2 rings (SSSR count). The molecule has 5 heteroatoms. The molecular weight excluding hydrogens is 254 g/mol. The molecule has 1 amide bonds. The zero-order valence-corrected chi connectivity index (χ0v) is 12.9. The highest BCUT2D eigenvalue weighted by molar-refractivity contribution is 5.81. The molecule has 0 aromatic heterocycles. The summed E-state index contributed by atoms with van der Waals surface area (Å²) in [5.41, 5.74) is 0. The van der Waals surface area contributed by atoms with Crippen molar-refractivity contribution in [2.75, 3.05) is 39.9 Å². The Balaban J connectivity index is 1.81. The van der Waals surface area contributed by atoms with E-state index in [1.54, 1.807) is 7.11 Å². The number of amides is 1. The SMILES string of the molecule is COCCNC(=O)C(C)N(CC1CC1)CC1CCCN1. The third kappa shape index (κ3) is 5.04. The van der Waals surface area contributed by atoms with Crippen LogP contribution in [0.25, 0.3) is 0 Å². The van der Waals surface area contributed by atoms with Crippen LogP contribution in [0.1, 0.15) is 32.6 Å². The Morgan fingerprint density at radius 1 is 1.40 bits per heavy atom. The lowest BCUT2D eigenvalue weighted by Crippen LogP contribution is -2.50. The molecular formula is C15H29N3O2. The van der Waals surface area contributed by atoms with E-state index in [1.807, 2.05) is 6.92 Å². The topological polar surface area (TPSA) is 53.6 Å². The first-order chi connectivity index (χ1) is 9.70. The minimum atomic E-state index is -0.0464. The summed E-state index contributed by atoms with van der Waals surface area (Å²) in [5, 5.41) is 6.49. The zero-order chi connectivity index (χ0) is 14.4. The first kappa shape index (κ1) is 15.7. The maximum atomic E-state index is 12.2. The monoisotopic (exact) mass is 283 g/mol. The first-order valence-corrected chi connectivity index (χ1v) is 7.94. The van der Waals surface area contributed by atoms with Gasteiger partial charge in [-0.15, -0.1) is 0 Å². The average Bonchev–Trinajstić information content (AvgIpc) is 3.11. The third-order valence-electron chi connectivity index (χ3n) is 4.34. The van der Waals surface area contributed by atoms with Gasteiger partial charge in [-0.1, -0.05) is 0 Å². The van der Waals surface area contributed by atoms with Gasteiger partial charge < -0.3 is 15.4 Å². The summed E-state index contributed by atoms with van der Waals surface area (Å²) in [7, 11) is 1.65. The zero-order valence-electron chi connectivity index (χ0n) is 12.9. The van der Waals surface area contributed by atoms with Crippen LogP contribution >= 0.6 is 0 Å². The number of ether oxygens (including phenoxy) is 1. The van der Waals surface area contributed by atoms with E-state index in [0.717, 1.165) is 25.6 Å². The van der Waals surface area contributed by atoms with Crippen LogP contribution in [0.5, 0.6) is 0 Å². The summed E-state index contributed by atoms with van der Waals surface area (Å²) in [4.78, 5) is 14.6. The number of nitrogens with zero attached hydrogens (tertiary/aromatic N) is 1. The fourth-order valence-corrected chi connectivity index (χ4v) is 2.81. The Bertz CT molecular complexity index is 301. The van der Waals surface area contributed by atoms with Crippen molar-refractivity contribution in [1.82, 2.24) is 15.5 Å². The fourth-order valence-electron chi connectivity index (χ4n) is 2.81. The number of methoxy groups -OCH3 is 1. The van der Waals surface area contributed by atoms with Crippen molar-refractivity contribution in [3.63, 3.8) is 0 Å². The van der Waals surface area contributed by atoms with Crippen molar-refractivity contribution in [2.45, 2.75) is 44.7 Å². The lowest BCUT2D eigenvalue weighted by Gasteiger charge is -2.30. The van der Waals surface area contributed by atoms with Gasteiger partial charge in [-0.3, -0.25) is 9.69 Å². The maximum Gasteiger partial charge on any atom is 0.237 e. The van der Waals surface area contributed by atoms with Gasteiger partial charge in [0.1, 0.15) is 0 Å². The lowest BCUT2D eigenvalue weighted by molar-refractivity contribution is -0.126. The summed E-state index contributed by atoms with van der Waals surface area (Å²) in [6.45, 7) is 6.38. The van der Waals surface area contributed by atoms with Crippen LogP contribution in [0.3, 0.4) is 0 Å². The minimum absolute atomic E-state index is 0.0464. The van der Waals surface area contributed by atoms with Crippen molar-refractivity contribution in [2.24, 2.45) is 5.92 Å². The van der Waals surface area contributed by atoms with Gasteiger partial charge in [0.05, 0.1) is 12.6 Å². The van der Waals surface area contributed by atoms with Gasteiger partial charge in [0, 0.05) is 32.8 Å². The predicted molar refractivity (Wildman–Crippen MR) is 79.7 cm³/mol. The second-order valence-corrected chi connectivity index (χ2v) is 6.15. The standard InChI is InChI=1S/C15H29N3O2/c1-12(15(19)17-8-9-20-2)18(10-13-5-6-13)11-14-4-3-7-16-14/h12-14,16H,3-11H2,1-2H3,(H,17,19). The van der Waals surface area contributed by atoms with E-state index in [1.165, 1.54) is 25.7 Å². The minimum Gasteiger partial charge on any atom is -0.383 e. The molecule has 0 spiro atoms. The van der Waals surface area contributed by atoms with Gasteiger partial charge in [-0.05, 0) is 45.1 Å². The molecule has 0 aromatic carbocycles. The average molecular weight is 283 g/mol. The number of carbonyl (C=O) groups excluding carboxylic acids is 1. The highest BCUT2D eigenvalue weighted by Gasteiger charge is 2.31. The van der Waals surface area contributed by atoms with E-state index in [4.69, 9.17) is 4.74 Å². The molecule has 116 valence electrons. The summed E-state index contributed by atoms with van der Waals surface area (Å²) >= 11 is 0. The van der Waals surface area contributed by atoms with E-state index in [0.29, 0.717) is 19.2 Å². The Hall–Kier alpha value is -0.650. The second-order valence-electron chi connectivity index (χ2n) is 6.15. The van der Waals surface area contributed by atoms with E-state index < -0.39 is 0 Å². The van der Waals surface area contributed by atoms with Gasteiger partial charge in [-0.25, -0.2) is 0 Å². The molecule has 1 saturated carbocycles. The van der Waals surface area contributed by atoms with Crippen molar-refractivity contribution in [1.29, 1.82) is 0 Å². The quantitative estimate of drug-likeness (QED) is 0.609. The van der Waals surface area contributed by atoms with E-state index in [2.05, 4.69) is 15.5 Å². The van der Waals surface area contributed by atoms with Gasteiger partial charge in [-0.2, -0.15) is 0 Å². The van der Waals surface area contributed by atoms with Crippen LogP contribution in [0.15, 0.2) is 0 Å². The van der Waals surface area contributed by atoms with E-state index >= 15 is 0 Å². The molecule has 1 saturated heterocycles. The number of nitrogens with one attached hydrogen (secondary N) is 2. The molecule has 5 nitrogen and oxygen atoms in total. The van der Waals surface area contributed by atoms with Crippen LogP contribution < -0.4 is 10.6 Å². The van der Waals surface area contributed by atoms with Gasteiger partial charge in [0.15, 0.2) is 0 Å². The molecule has 2 aliphatic rings. The van der Waals surface area contributed by atoms with Gasteiger partial charge >= 0.3 is 0 Å². The van der Waals surface area contributed by atoms with Crippen LogP contribution in [-0.4, -0.2) is 62.8 Å². The predicted octanol–water partition coefficient (Wildman–Crippen LogP) is 0.602. The Morgan fingerprint density at radius 3 is 2.80 bits per heavy atom. The third-order valence-corrected chi connectivity index (χ3v) is 4.34. The molecule has 20 heavy (non-hydrogen) atoms. The first-order valence-electron chi connectivity index (χ1n) is 7.94. The molecule has 1 heterocycles. The maximum absolute atomic E-state index is 12.2. The summed E-state index contributed by atoms with van der Waals surface area (Å²) in [5.74, 6) is 0.936. The van der Waals surface area contributed by atoms with Gasteiger partial charge in [0.2, 0.25) is 5.91 Å². The van der Waals surface area contributed by atoms with Crippen molar-refractivity contribution >= 4 is 5.91 Å². The molecule has 0 bridgehead atoms. The normalized spacial score (nSPS) is 24.1. The van der Waals surface area contributed by atoms with Crippen LogP contribution in [0.4, 0.5) is 0 Å². The number of hydrogen-bond acceptors (Lipinski definition) is 4. The Labute approximate surface area is 122 Å². The van der Waals surface area contributed by atoms with Crippen LogP contribution in [0, 0.1) is 5.92 Å². The molecule has 2 atom stereocenters. The second kappa shape index (κ2) is 7.96. The van der Waals surface area contributed by atoms with Crippen molar-refractivity contribution in [3.8, 4) is 0 Å². The van der Waals surface area contributed by atoms with Crippen molar-refractivity contribution < 1.29 is 9.53 Å². The Morgan fingerprint density at radius 2 is 2.20 bits per heavy atom.